The highest BCUT2D eigenvalue weighted by molar-refractivity contribution is 7.92. The summed E-state index contributed by atoms with van der Waals surface area (Å²) in [6.45, 7) is 3.78. The van der Waals surface area contributed by atoms with Gasteiger partial charge in [-0.3, -0.25) is 4.72 Å². The molecule has 120 valence electrons. The van der Waals surface area contributed by atoms with E-state index < -0.39 is 10.0 Å². The first-order chi connectivity index (χ1) is 10.3. The predicted molar refractivity (Wildman–Crippen MR) is 87.3 cm³/mol. The molecule has 0 saturated carbocycles. The van der Waals surface area contributed by atoms with Crippen molar-refractivity contribution in [1.29, 1.82) is 0 Å². The van der Waals surface area contributed by atoms with Crippen molar-refractivity contribution in [3.8, 4) is 5.69 Å². The average molecular weight is 344 g/mol. The predicted octanol–water partition coefficient (Wildman–Crippen LogP) is 2.53. The third-order valence-electron chi connectivity index (χ3n) is 3.24. The van der Waals surface area contributed by atoms with Crippen molar-refractivity contribution < 1.29 is 13.2 Å². The first kappa shape index (κ1) is 16.8. The van der Waals surface area contributed by atoms with Gasteiger partial charge in [-0.1, -0.05) is 11.6 Å². The quantitative estimate of drug-likeness (QED) is 0.874. The van der Waals surface area contributed by atoms with Crippen LogP contribution in [0.2, 0.25) is 5.02 Å². The monoisotopic (exact) mass is 343 g/mol. The van der Waals surface area contributed by atoms with Gasteiger partial charge in [0.2, 0.25) is 10.0 Å². The molecule has 8 heteroatoms. The lowest BCUT2D eigenvalue weighted by Gasteiger charge is -2.11. The highest BCUT2D eigenvalue weighted by atomic mass is 35.5. The number of anilines is 1. The fourth-order valence-electron chi connectivity index (χ4n) is 1.89. The van der Waals surface area contributed by atoms with Crippen LogP contribution in [0.15, 0.2) is 24.3 Å². The Balaban J connectivity index is 2.41. The molecule has 1 heterocycles. The Labute approximate surface area is 135 Å². The van der Waals surface area contributed by atoms with Gasteiger partial charge in [-0.05, 0) is 38.1 Å². The zero-order chi connectivity index (χ0) is 16.3. The molecule has 6 nitrogen and oxygen atoms in total. The number of nitrogens with one attached hydrogen (secondary N) is 1. The van der Waals surface area contributed by atoms with E-state index in [0.717, 1.165) is 16.9 Å². The molecular weight excluding hydrogens is 326 g/mol. The lowest BCUT2D eigenvalue weighted by Crippen LogP contribution is -2.21. The fraction of sp³-hybridized carbons (Fsp3) is 0.357. The van der Waals surface area contributed by atoms with E-state index in [2.05, 4.69) is 9.82 Å². The lowest BCUT2D eigenvalue weighted by atomic mass is 10.3. The molecule has 1 N–H and O–H groups in total. The molecule has 22 heavy (non-hydrogen) atoms. The molecule has 0 aliphatic heterocycles. The van der Waals surface area contributed by atoms with Crippen LogP contribution in [-0.2, 0) is 14.8 Å². The second kappa shape index (κ2) is 6.68. The molecule has 1 aromatic heterocycles. The minimum absolute atomic E-state index is 0.117. The van der Waals surface area contributed by atoms with Crippen LogP contribution in [0.25, 0.3) is 5.69 Å². The molecule has 0 atom stereocenters. The van der Waals surface area contributed by atoms with E-state index >= 15 is 0 Å². The molecule has 2 rings (SSSR count). The molecular formula is C14H18ClN3O3S. The molecule has 0 spiro atoms. The van der Waals surface area contributed by atoms with Crippen molar-refractivity contribution in [2.24, 2.45) is 0 Å². The molecule has 0 saturated heterocycles. The SMILES string of the molecule is COCCS(=O)(=O)Nc1c(C)c(C)nn1-c1ccc(Cl)cc1. The number of benzene rings is 1. The first-order valence-corrected chi connectivity index (χ1v) is 8.68. The van der Waals surface area contributed by atoms with E-state index in [1.165, 1.54) is 7.11 Å². The summed E-state index contributed by atoms with van der Waals surface area (Å²) in [4.78, 5) is 0. The molecule has 2 aromatic rings. The fourth-order valence-corrected chi connectivity index (χ4v) is 3.03. The summed E-state index contributed by atoms with van der Waals surface area (Å²) >= 11 is 5.88. The zero-order valence-electron chi connectivity index (χ0n) is 12.6. The van der Waals surface area contributed by atoms with Crippen LogP contribution in [0.3, 0.4) is 0 Å². The molecule has 0 amide bonds. The number of hydrogen-bond donors (Lipinski definition) is 1. The summed E-state index contributed by atoms with van der Waals surface area (Å²) in [6, 6.07) is 7.02. The Morgan fingerprint density at radius 1 is 1.27 bits per heavy atom. The van der Waals surface area contributed by atoms with Gasteiger partial charge in [0, 0.05) is 17.7 Å². The lowest BCUT2D eigenvalue weighted by molar-refractivity contribution is 0.217. The maximum atomic E-state index is 12.1. The van der Waals surface area contributed by atoms with Crippen molar-refractivity contribution in [1.82, 2.24) is 9.78 Å². The number of sulfonamides is 1. The second-order valence-electron chi connectivity index (χ2n) is 4.86. The largest absolute Gasteiger partial charge is 0.384 e. The number of aryl methyl sites for hydroxylation is 1. The molecule has 0 bridgehead atoms. The third-order valence-corrected chi connectivity index (χ3v) is 4.70. The van der Waals surface area contributed by atoms with Gasteiger partial charge in [0.1, 0.15) is 5.82 Å². The number of hydrogen-bond acceptors (Lipinski definition) is 4. The Kier molecular flexibility index (Phi) is 5.10. The summed E-state index contributed by atoms with van der Waals surface area (Å²) in [5, 5.41) is 4.99. The Morgan fingerprint density at radius 3 is 2.50 bits per heavy atom. The minimum atomic E-state index is -3.51. The highest BCUT2D eigenvalue weighted by Crippen LogP contribution is 2.24. The van der Waals surface area contributed by atoms with Crippen LogP contribution < -0.4 is 4.72 Å². The van der Waals surface area contributed by atoms with E-state index in [9.17, 15) is 8.42 Å². The summed E-state index contributed by atoms with van der Waals surface area (Å²) in [5.74, 6) is 0.310. The summed E-state index contributed by atoms with van der Waals surface area (Å²) in [7, 11) is -2.05. The summed E-state index contributed by atoms with van der Waals surface area (Å²) < 4.78 is 33.2. The van der Waals surface area contributed by atoms with Gasteiger partial charge in [-0.25, -0.2) is 13.1 Å². The molecule has 1 aromatic carbocycles. The van der Waals surface area contributed by atoms with Crippen LogP contribution >= 0.6 is 11.6 Å². The average Bonchev–Trinajstić information content (AvgIpc) is 2.74. The topological polar surface area (TPSA) is 73.2 Å². The van der Waals surface area contributed by atoms with E-state index in [1.54, 1.807) is 28.9 Å². The van der Waals surface area contributed by atoms with Crippen molar-refractivity contribution in [3.05, 3.63) is 40.5 Å². The van der Waals surface area contributed by atoms with Crippen LogP contribution in [0, 0.1) is 13.8 Å². The number of halogens is 1. The number of nitrogens with zero attached hydrogens (tertiary/aromatic N) is 2. The van der Waals surface area contributed by atoms with Gasteiger partial charge >= 0.3 is 0 Å². The van der Waals surface area contributed by atoms with E-state index in [0.29, 0.717) is 10.8 Å². The van der Waals surface area contributed by atoms with Crippen molar-refractivity contribution in [3.63, 3.8) is 0 Å². The summed E-state index contributed by atoms with van der Waals surface area (Å²) in [5.41, 5.74) is 2.25. The van der Waals surface area contributed by atoms with Crippen LogP contribution in [0.4, 0.5) is 5.82 Å². The zero-order valence-corrected chi connectivity index (χ0v) is 14.2. The molecule has 0 unspecified atom stereocenters. The van der Waals surface area contributed by atoms with Gasteiger partial charge in [-0.15, -0.1) is 0 Å². The number of ether oxygens (including phenoxy) is 1. The van der Waals surface area contributed by atoms with Crippen LogP contribution in [0.1, 0.15) is 11.3 Å². The molecule has 0 aliphatic carbocycles. The van der Waals surface area contributed by atoms with Crippen LogP contribution in [-0.4, -0.2) is 37.7 Å². The van der Waals surface area contributed by atoms with E-state index in [1.807, 2.05) is 13.8 Å². The Bertz CT molecular complexity index is 754. The number of rotatable bonds is 6. The highest BCUT2D eigenvalue weighted by Gasteiger charge is 2.19. The Hall–Kier alpha value is -1.57. The van der Waals surface area contributed by atoms with E-state index in [4.69, 9.17) is 16.3 Å². The normalized spacial score (nSPS) is 11.6. The minimum Gasteiger partial charge on any atom is -0.384 e. The van der Waals surface area contributed by atoms with Gasteiger partial charge in [0.15, 0.2) is 0 Å². The van der Waals surface area contributed by atoms with Gasteiger partial charge in [0.05, 0.1) is 23.7 Å². The van der Waals surface area contributed by atoms with Gasteiger partial charge in [0.25, 0.3) is 0 Å². The van der Waals surface area contributed by atoms with Gasteiger partial charge < -0.3 is 4.74 Å². The maximum Gasteiger partial charge on any atom is 0.236 e. The summed E-state index contributed by atoms with van der Waals surface area (Å²) in [6.07, 6.45) is 0. The first-order valence-electron chi connectivity index (χ1n) is 6.65. The van der Waals surface area contributed by atoms with Crippen molar-refractivity contribution in [2.75, 3.05) is 24.2 Å². The number of aromatic nitrogens is 2. The molecule has 0 radical (unpaired) electrons. The molecule has 0 fully saturated rings. The van der Waals surface area contributed by atoms with E-state index in [-0.39, 0.29) is 12.4 Å². The second-order valence-corrected chi connectivity index (χ2v) is 7.14. The number of methoxy groups -OCH3 is 1. The molecule has 0 aliphatic rings. The maximum absolute atomic E-state index is 12.1. The standard InChI is InChI=1S/C14H18ClN3O3S/c1-10-11(2)16-18(13-6-4-12(15)5-7-13)14(10)17-22(19,20)9-8-21-3/h4-7,17H,8-9H2,1-3H3. The third kappa shape index (κ3) is 3.79. The Morgan fingerprint density at radius 2 is 1.91 bits per heavy atom. The van der Waals surface area contributed by atoms with Crippen molar-refractivity contribution >= 4 is 27.4 Å². The van der Waals surface area contributed by atoms with Crippen molar-refractivity contribution in [2.45, 2.75) is 13.8 Å². The van der Waals surface area contributed by atoms with Gasteiger partial charge in [-0.2, -0.15) is 5.10 Å². The van der Waals surface area contributed by atoms with Crippen LogP contribution in [0.5, 0.6) is 0 Å². The smallest absolute Gasteiger partial charge is 0.236 e.